The fraction of sp³-hybridized carbons (Fsp3) is 0.600. The highest BCUT2D eigenvalue weighted by atomic mass is 127. The van der Waals surface area contributed by atoms with Gasteiger partial charge in [0.25, 0.3) is 0 Å². The Labute approximate surface area is 104 Å². The average Bonchev–Trinajstić information content (AvgIpc) is 2.12. The van der Waals surface area contributed by atoms with Crippen molar-refractivity contribution in [2.75, 3.05) is 12.8 Å². The Bertz CT molecular complexity index is 342. The van der Waals surface area contributed by atoms with Crippen molar-refractivity contribution in [3.05, 3.63) is 15.1 Å². The zero-order valence-electron chi connectivity index (χ0n) is 9.25. The quantitative estimate of drug-likeness (QED) is 0.862. The van der Waals surface area contributed by atoms with Crippen LogP contribution in [0.1, 0.15) is 25.4 Å². The smallest absolute Gasteiger partial charge is 0.140 e. The van der Waals surface area contributed by atoms with Gasteiger partial charge in [0.2, 0.25) is 0 Å². The molecule has 4 nitrogen and oxygen atoms in total. The summed E-state index contributed by atoms with van der Waals surface area (Å²) in [7, 11) is 1.65. The Balaban J connectivity index is 3.00. The first-order chi connectivity index (χ1) is 7.04. The minimum absolute atomic E-state index is 0.482. The molecule has 0 amide bonds. The lowest BCUT2D eigenvalue weighted by Crippen LogP contribution is -2.10. The number of halogens is 1. The third kappa shape index (κ3) is 3.57. The van der Waals surface area contributed by atoms with Crippen molar-refractivity contribution in [1.82, 2.24) is 9.97 Å². The van der Waals surface area contributed by atoms with Crippen LogP contribution in [0.2, 0.25) is 0 Å². The summed E-state index contributed by atoms with van der Waals surface area (Å²) in [5.41, 5.74) is 6.69. The van der Waals surface area contributed by atoms with E-state index in [1.54, 1.807) is 7.11 Å². The molecule has 15 heavy (non-hydrogen) atoms. The minimum atomic E-state index is 0.482. The van der Waals surface area contributed by atoms with Gasteiger partial charge in [0.1, 0.15) is 11.6 Å². The number of aromatic nitrogens is 2. The molecule has 84 valence electrons. The summed E-state index contributed by atoms with van der Waals surface area (Å²) in [4.78, 5) is 8.70. The number of nitrogens with two attached hydrogens (primary N) is 1. The van der Waals surface area contributed by atoms with Gasteiger partial charge in [-0.15, -0.1) is 0 Å². The number of hydrogen-bond donors (Lipinski definition) is 1. The minimum Gasteiger partial charge on any atom is -0.383 e. The van der Waals surface area contributed by atoms with Crippen LogP contribution in [0.25, 0.3) is 0 Å². The van der Waals surface area contributed by atoms with Crippen LogP contribution in [0.15, 0.2) is 0 Å². The highest BCUT2D eigenvalue weighted by Crippen LogP contribution is 2.18. The average molecular weight is 321 g/mol. The predicted octanol–water partition coefficient (Wildman–Crippen LogP) is 2.01. The van der Waals surface area contributed by atoms with Crippen LogP contribution in [-0.2, 0) is 17.8 Å². The van der Waals surface area contributed by atoms with Gasteiger partial charge in [-0.3, -0.25) is 0 Å². The SMILES string of the molecule is COCc1nc(CC(C)C)nc(N)c1I. The van der Waals surface area contributed by atoms with Crippen LogP contribution < -0.4 is 5.73 Å². The first-order valence-corrected chi connectivity index (χ1v) is 5.92. The number of anilines is 1. The lowest BCUT2D eigenvalue weighted by molar-refractivity contribution is 0.180. The number of methoxy groups -OCH3 is 1. The molecule has 1 rings (SSSR count). The van der Waals surface area contributed by atoms with Crippen molar-refractivity contribution >= 4 is 28.4 Å². The first kappa shape index (κ1) is 12.6. The molecule has 1 aromatic rings. The zero-order chi connectivity index (χ0) is 11.4. The van der Waals surface area contributed by atoms with Gasteiger partial charge in [0.15, 0.2) is 0 Å². The van der Waals surface area contributed by atoms with E-state index in [4.69, 9.17) is 10.5 Å². The highest BCUT2D eigenvalue weighted by molar-refractivity contribution is 14.1. The molecule has 5 heteroatoms. The molecular formula is C10H16IN3O. The summed E-state index contributed by atoms with van der Waals surface area (Å²) in [6.45, 7) is 4.75. The van der Waals surface area contributed by atoms with Crippen LogP contribution in [-0.4, -0.2) is 17.1 Å². The topological polar surface area (TPSA) is 61.0 Å². The normalized spacial score (nSPS) is 11.0. The monoisotopic (exact) mass is 321 g/mol. The van der Waals surface area contributed by atoms with Gasteiger partial charge in [0.05, 0.1) is 15.9 Å². The maximum absolute atomic E-state index is 5.81. The maximum Gasteiger partial charge on any atom is 0.140 e. The highest BCUT2D eigenvalue weighted by Gasteiger charge is 2.10. The molecule has 0 fully saturated rings. The summed E-state index contributed by atoms with van der Waals surface area (Å²) in [5.74, 6) is 1.88. The van der Waals surface area contributed by atoms with Crippen molar-refractivity contribution in [2.24, 2.45) is 5.92 Å². The molecule has 0 saturated heterocycles. The molecule has 0 aliphatic rings. The Morgan fingerprint density at radius 3 is 2.60 bits per heavy atom. The van der Waals surface area contributed by atoms with Crippen molar-refractivity contribution in [2.45, 2.75) is 26.9 Å². The number of nitrogens with zero attached hydrogens (tertiary/aromatic N) is 2. The van der Waals surface area contributed by atoms with Crippen LogP contribution in [0.4, 0.5) is 5.82 Å². The number of ether oxygens (including phenoxy) is 1. The van der Waals surface area contributed by atoms with Crippen LogP contribution in [0.3, 0.4) is 0 Å². The third-order valence-corrected chi connectivity index (χ3v) is 3.04. The fourth-order valence-corrected chi connectivity index (χ4v) is 1.65. The molecule has 0 aliphatic heterocycles. The van der Waals surface area contributed by atoms with E-state index in [1.807, 2.05) is 0 Å². The van der Waals surface area contributed by atoms with Gasteiger partial charge < -0.3 is 10.5 Å². The van der Waals surface area contributed by atoms with E-state index in [2.05, 4.69) is 46.4 Å². The standard InChI is InChI=1S/C10H16IN3O/c1-6(2)4-8-13-7(5-15-3)9(11)10(12)14-8/h6H,4-5H2,1-3H3,(H2,12,13,14). The molecule has 1 heterocycles. The summed E-state index contributed by atoms with van der Waals surface area (Å²) >= 11 is 2.15. The van der Waals surface area contributed by atoms with Gasteiger partial charge in [-0.05, 0) is 28.5 Å². The van der Waals surface area contributed by atoms with Crippen LogP contribution in [0.5, 0.6) is 0 Å². The fourth-order valence-electron chi connectivity index (χ4n) is 1.25. The van der Waals surface area contributed by atoms with Crippen molar-refractivity contribution in [3.8, 4) is 0 Å². The van der Waals surface area contributed by atoms with Crippen molar-refractivity contribution in [3.63, 3.8) is 0 Å². The van der Waals surface area contributed by atoms with Gasteiger partial charge in [0, 0.05) is 13.5 Å². The largest absolute Gasteiger partial charge is 0.383 e. The molecule has 0 atom stereocenters. The molecule has 0 saturated carbocycles. The summed E-state index contributed by atoms with van der Waals surface area (Å²) in [6.07, 6.45) is 0.845. The van der Waals surface area contributed by atoms with Crippen LogP contribution >= 0.6 is 22.6 Å². The van der Waals surface area contributed by atoms with Gasteiger partial charge in [-0.2, -0.15) is 0 Å². The van der Waals surface area contributed by atoms with E-state index >= 15 is 0 Å². The molecule has 0 aliphatic carbocycles. The van der Waals surface area contributed by atoms with Crippen molar-refractivity contribution < 1.29 is 4.74 Å². The number of hydrogen-bond acceptors (Lipinski definition) is 4. The van der Waals surface area contributed by atoms with E-state index in [0.717, 1.165) is 21.5 Å². The van der Waals surface area contributed by atoms with Crippen molar-refractivity contribution in [1.29, 1.82) is 0 Å². The van der Waals surface area contributed by atoms with Crippen LogP contribution in [0, 0.1) is 9.49 Å². The lowest BCUT2D eigenvalue weighted by atomic mass is 10.1. The number of rotatable bonds is 4. The van der Waals surface area contributed by atoms with E-state index in [0.29, 0.717) is 18.3 Å². The van der Waals surface area contributed by atoms with Gasteiger partial charge in [-0.1, -0.05) is 13.8 Å². The van der Waals surface area contributed by atoms with E-state index in [9.17, 15) is 0 Å². The molecule has 0 bridgehead atoms. The van der Waals surface area contributed by atoms with Gasteiger partial charge in [-0.25, -0.2) is 9.97 Å². The third-order valence-electron chi connectivity index (χ3n) is 1.86. The Morgan fingerprint density at radius 1 is 1.40 bits per heavy atom. The number of nitrogen functional groups attached to an aromatic ring is 1. The maximum atomic E-state index is 5.81. The summed E-state index contributed by atoms with van der Waals surface area (Å²) in [6, 6.07) is 0. The molecule has 1 aromatic heterocycles. The second-order valence-corrected chi connectivity index (χ2v) is 4.90. The Hall–Kier alpha value is -0.430. The zero-order valence-corrected chi connectivity index (χ0v) is 11.4. The Morgan fingerprint density at radius 2 is 2.07 bits per heavy atom. The summed E-state index contributed by atoms with van der Waals surface area (Å²) in [5, 5.41) is 0. The molecular weight excluding hydrogens is 305 g/mol. The van der Waals surface area contributed by atoms with Gasteiger partial charge >= 0.3 is 0 Å². The second-order valence-electron chi connectivity index (χ2n) is 3.82. The molecule has 2 N–H and O–H groups in total. The van der Waals surface area contributed by atoms with E-state index in [1.165, 1.54) is 0 Å². The van der Waals surface area contributed by atoms with E-state index in [-0.39, 0.29) is 0 Å². The molecule has 0 radical (unpaired) electrons. The molecule has 0 aromatic carbocycles. The first-order valence-electron chi connectivity index (χ1n) is 4.84. The molecule has 0 spiro atoms. The Kier molecular flexibility index (Phi) is 4.72. The predicted molar refractivity (Wildman–Crippen MR) is 68.4 cm³/mol. The van der Waals surface area contributed by atoms with E-state index < -0.39 is 0 Å². The molecule has 0 unspecified atom stereocenters. The second kappa shape index (κ2) is 5.60. The lowest BCUT2D eigenvalue weighted by Gasteiger charge is -2.09. The summed E-state index contributed by atoms with van der Waals surface area (Å²) < 4.78 is 5.96.